The van der Waals surface area contributed by atoms with Gasteiger partial charge in [-0.15, -0.1) is 0 Å². The summed E-state index contributed by atoms with van der Waals surface area (Å²) in [5.41, 5.74) is 0.475. The third-order valence-electron chi connectivity index (χ3n) is 6.46. The molecule has 1 fully saturated rings. The van der Waals surface area contributed by atoms with E-state index >= 15 is 0 Å². The second-order valence-electron chi connectivity index (χ2n) is 9.37. The van der Waals surface area contributed by atoms with Gasteiger partial charge in [-0.25, -0.2) is 13.4 Å². The summed E-state index contributed by atoms with van der Waals surface area (Å²) < 4.78 is 28.0. The van der Waals surface area contributed by atoms with Gasteiger partial charge in [-0.3, -0.25) is 9.59 Å². The number of rotatable bonds is 11. The molecular weight excluding hydrogens is 502 g/mol. The van der Waals surface area contributed by atoms with Gasteiger partial charge in [-0.05, 0) is 31.4 Å². The van der Waals surface area contributed by atoms with Gasteiger partial charge >= 0.3 is 5.97 Å². The molecule has 3 heterocycles. The molecule has 1 spiro atoms. The van der Waals surface area contributed by atoms with Gasteiger partial charge in [0.05, 0.1) is 4.90 Å². The minimum atomic E-state index is -4.14. The highest BCUT2D eigenvalue weighted by atomic mass is 32.2. The molecule has 0 radical (unpaired) electrons. The molecule has 37 heavy (non-hydrogen) atoms. The zero-order valence-electron chi connectivity index (χ0n) is 20.6. The van der Waals surface area contributed by atoms with E-state index < -0.39 is 40.1 Å². The Morgan fingerprint density at radius 2 is 2.05 bits per heavy atom. The number of H-pyrrole nitrogens is 1. The Morgan fingerprint density at radius 3 is 2.73 bits per heavy atom. The van der Waals surface area contributed by atoms with Gasteiger partial charge < -0.3 is 30.9 Å². The van der Waals surface area contributed by atoms with Crippen LogP contribution in [0, 0.1) is 13.8 Å². The Morgan fingerprint density at radius 1 is 1.30 bits per heavy atom. The van der Waals surface area contributed by atoms with Crippen molar-refractivity contribution in [2.75, 3.05) is 25.0 Å². The molecule has 13 nitrogen and oxygen atoms in total. The number of anilines is 1. The number of aliphatic carboxylic acids is 1. The molecule has 1 amide bonds. The fourth-order valence-electron chi connectivity index (χ4n) is 4.65. The van der Waals surface area contributed by atoms with Crippen LogP contribution in [0.4, 0.5) is 5.95 Å². The number of carbonyl (C=O) groups is 2. The predicted molar refractivity (Wildman–Crippen MR) is 135 cm³/mol. The number of hydrogen-bond donors (Lipinski definition) is 6. The van der Waals surface area contributed by atoms with Crippen molar-refractivity contribution in [2.24, 2.45) is 5.16 Å². The van der Waals surface area contributed by atoms with E-state index in [-0.39, 0.29) is 23.1 Å². The van der Waals surface area contributed by atoms with Crippen molar-refractivity contribution in [3.63, 3.8) is 0 Å². The van der Waals surface area contributed by atoms with Gasteiger partial charge in [0.15, 0.2) is 11.5 Å². The summed E-state index contributed by atoms with van der Waals surface area (Å²) in [6, 6.07) is 3.58. The molecule has 0 bridgehead atoms. The number of hydrogen-bond acceptors (Lipinski definition) is 9. The topological polar surface area (TPSA) is 187 Å². The summed E-state index contributed by atoms with van der Waals surface area (Å²) in [6.45, 7) is 4.02. The zero-order valence-corrected chi connectivity index (χ0v) is 21.4. The molecule has 2 unspecified atom stereocenters. The number of oxime groups is 1. The summed E-state index contributed by atoms with van der Waals surface area (Å²) in [5.74, 6) is -1.32. The highest BCUT2D eigenvalue weighted by Crippen LogP contribution is 2.33. The van der Waals surface area contributed by atoms with Crippen molar-refractivity contribution in [1.29, 1.82) is 0 Å². The summed E-state index contributed by atoms with van der Waals surface area (Å²) >= 11 is 0. The number of nitrogens with zero attached hydrogens (tertiary/aromatic N) is 2. The maximum atomic E-state index is 12.9. The Hall–Kier alpha value is -3.49. The first-order valence-electron chi connectivity index (χ1n) is 11.9. The first kappa shape index (κ1) is 26.6. The smallest absolute Gasteiger partial charge is 0.323 e. The van der Waals surface area contributed by atoms with E-state index in [9.17, 15) is 23.1 Å². The summed E-state index contributed by atoms with van der Waals surface area (Å²) in [7, 11) is -4.14. The van der Waals surface area contributed by atoms with Crippen LogP contribution in [0.1, 0.15) is 30.4 Å². The number of carbonyl (C=O) groups excluding carboxylic acids is 1. The van der Waals surface area contributed by atoms with Gasteiger partial charge in [0.1, 0.15) is 11.8 Å². The van der Waals surface area contributed by atoms with Crippen LogP contribution in [-0.2, 0) is 24.4 Å². The predicted octanol–water partition coefficient (Wildman–Crippen LogP) is 0.253. The number of carboxylic acid groups (broad SMARTS) is 1. The molecular formula is C23H31N7O6S. The number of sulfonamides is 1. The van der Waals surface area contributed by atoms with Crippen LogP contribution in [0.25, 0.3) is 0 Å². The number of imidazole rings is 1. The van der Waals surface area contributed by atoms with Crippen molar-refractivity contribution in [2.45, 2.75) is 55.7 Å². The quantitative estimate of drug-likeness (QED) is 0.235. The first-order valence-corrected chi connectivity index (χ1v) is 13.4. The molecule has 1 aromatic carbocycles. The van der Waals surface area contributed by atoms with E-state index in [1.807, 2.05) is 0 Å². The molecule has 1 saturated heterocycles. The fourth-order valence-corrected chi connectivity index (χ4v) is 6.31. The van der Waals surface area contributed by atoms with Crippen molar-refractivity contribution in [1.82, 2.24) is 25.3 Å². The van der Waals surface area contributed by atoms with Crippen molar-refractivity contribution in [3.8, 4) is 0 Å². The lowest BCUT2D eigenvalue weighted by Gasteiger charge is -2.19. The lowest BCUT2D eigenvalue weighted by Crippen LogP contribution is -2.49. The maximum absolute atomic E-state index is 12.9. The Labute approximate surface area is 214 Å². The highest BCUT2D eigenvalue weighted by Gasteiger charge is 2.47. The molecule has 1 aromatic heterocycles. The van der Waals surface area contributed by atoms with Crippen LogP contribution in [0.5, 0.6) is 0 Å². The lowest BCUT2D eigenvalue weighted by atomic mass is 9.93. The van der Waals surface area contributed by atoms with E-state index in [1.54, 1.807) is 44.4 Å². The number of nitrogens with one attached hydrogen (secondary N) is 5. The molecule has 2 aliphatic rings. The molecule has 3 atom stereocenters. The first-order chi connectivity index (χ1) is 17.6. The maximum Gasteiger partial charge on any atom is 0.323 e. The minimum Gasteiger partial charge on any atom is -0.480 e. The standard InChI is InChI=1S/C23H31N7O6S/c1-14-4-3-5-15(2)19(14)37(34,35)30-18(21(32)33)12-27-20(31)17-11-23(36-29-17)10-16(28-13-23)6-7-24-22-25-8-9-26-22/h3-5,8-9,16,18,28,30H,6-7,10-13H2,1-2H3,(H,27,31)(H,32,33)(H2,24,25,26)/t16?,18?,23-/m0/s1. The molecule has 14 heteroatoms. The van der Waals surface area contributed by atoms with E-state index in [0.29, 0.717) is 36.6 Å². The van der Waals surface area contributed by atoms with Gasteiger partial charge in [0.2, 0.25) is 10.0 Å². The van der Waals surface area contributed by atoms with Gasteiger partial charge in [0, 0.05) is 50.9 Å². The van der Waals surface area contributed by atoms with E-state index in [0.717, 1.165) is 6.42 Å². The molecule has 0 aliphatic carbocycles. The molecule has 0 saturated carbocycles. The van der Waals surface area contributed by atoms with E-state index in [2.05, 4.69) is 35.8 Å². The molecule has 200 valence electrons. The summed E-state index contributed by atoms with van der Waals surface area (Å²) in [5, 5.41) is 22.6. The largest absolute Gasteiger partial charge is 0.480 e. The molecule has 4 rings (SSSR count). The van der Waals surface area contributed by atoms with Gasteiger partial charge in [-0.1, -0.05) is 23.4 Å². The number of aryl methyl sites for hydroxylation is 2. The Kier molecular flexibility index (Phi) is 7.80. The van der Waals surface area contributed by atoms with Crippen LogP contribution >= 0.6 is 0 Å². The summed E-state index contributed by atoms with van der Waals surface area (Å²) in [6.07, 6.45) is 5.13. The van der Waals surface area contributed by atoms with Crippen LogP contribution in [0.3, 0.4) is 0 Å². The van der Waals surface area contributed by atoms with Crippen LogP contribution in [-0.4, -0.2) is 78.4 Å². The number of carboxylic acids is 1. The van der Waals surface area contributed by atoms with Gasteiger partial charge in [0.25, 0.3) is 5.91 Å². The Balaban J connectivity index is 1.28. The van der Waals surface area contributed by atoms with Crippen LogP contribution in [0.2, 0.25) is 0 Å². The van der Waals surface area contributed by atoms with Crippen LogP contribution < -0.4 is 20.7 Å². The third kappa shape index (κ3) is 6.26. The number of aromatic nitrogens is 2. The van der Waals surface area contributed by atoms with E-state index in [4.69, 9.17) is 4.84 Å². The fraction of sp³-hybridized carbons (Fsp3) is 0.478. The molecule has 2 aromatic rings. The van der Waals surface area contributed by atoms with Crippen molar-refractivity contribution in [3.05, 3.63) is 41.7 Å². The van der Waals surface area contributed by atoms with Gasteiger partial charge in [-0.2, -0.15) is 4.72 Å². The molecule has 6 N–H and O–H groups in total. The summed E-state index contributed by atoms with van der Waals surface area (Å²) in [4.78, 5) is 37.2. The van der Waals surface area contributed by atoms with Crippen LogP contribution in [0.15, 0.2) is 40.6 Å². The minimum absolute atomic E-state index is 0.0192. The number of benzene rings is 1. The second kappa shape index (κ2) is 10.9. The SMILES string of the molecule is Cc1cccc(C)c1S(=O)(=O)NC(CNC(=O)C1=NO[C@]2(CNC(CCNc3ncc[nH]3)C2)C1)C(=O)O. The normalized spacial score (nSPS) is 21.9. The monoisotopic (exact) mass is 533 g/mol. The average Bonchev–Trinajstić information content (AvgIpc) is 3.59. The molecule has 2 aliphatic heterocycles. The lowest BCUT2D eigenvalue weighted by molar-refractivity contribution is -0.138. The van der Waals surface area contributed by atoms with E-state index in [1.165, 1.54) is 0 Å². The third-order valence-corrected chi connectivity index (χ3v) is 8.23. The zero-order chi connectivity index (χ0) is 26.6. The second-order valence-corrected chi connectivity index (χ2v) is 11.0. The average molecular weight is 534 g/mol. The number of aromatic amines is 1. The highest BCUT2D eigenvalue weighted by molar-refractivity contribution is 7.89. The number of amides is 1. The van der Waals surface area contributed by atoms with Crippen molar-refractivity contribution < 1.29 is 28.0 Å². The Bertz CT molecular complexity index is 1260. The van der Waals surface area contributed by atoms with Crippen molar-refractivity contribution >= 4 is 33.6 Å².